The summed E-state index contributed by atoms with van der Waals surface area (Å²) in [4.78, 5) is 13.1. The molecule has 1 aliphatic carbocycles. The molecular formula is C54H49N3. The molecule has 0 atom stereocenters. The molecule has 0 N–H and O–H groups in total. The summed E-state index contributed by atoms with van der Waals surface area (Å²) in [6, 6.07) is 60.2. The van der Waals surface area contributed by atoms with Crippen LogP contribution >= 0.6 is 0 Å². The molecular weight excluding hydrogens is 691 g/mol. The highest BCUT2D eigenvalue weighted by atomic mass is 15.2. The van der Waals surface area contributed by atoms with Gasteiger partial charge in [-0.3, -0.25) is 0 Å². The van der Waals surface area contributed by atoms with E-state index in [4.69, 9.17) is 9.97 Å². The normalized spacial score (nSPS) is 13.0. The van der Waals surface area contributed by atoms with Crippen LogP contribution < -0.4 is 4.90 Å². The summed E-state index contributed by atoms with van der Waals surface area (Å²) in [5, 5.41) is 0. The van der Waals surface area contributed by atoms with Crippen molar-refractivity contribution in [3.05, 3.63) is 193 Å². The lowest BCUT2D eigenvalue weighted by Gasteiger charge is -2.35. The van der Waals surface area contributed by atoms with E-state index in [9.17, 15) is 0 Å². The van der Waals surface area contributed by atoms with Crippen LogP contribution in [0.15, 0.2) is 175 Å². The van der Waals surface area contributed by atoms with Gasteiger partial charge < -0.3 is 4.90 Å². The topological polar surface area (TPSA) is 29.0 Å². The molecule has 3 nitrogen and oxygen atoms in total. The third-order valence-electron chi connectivity index (χ3n) is 10.9. The molecule has 0 amide bonds. The maximum absolute atomic E-state index is 5.29. The van der Waals surface area contributed by atoms with Gasteiger partial charge in [-0.25, -0.2) is 9.97 Å². The fraction of sp³-hybridized carbons (Fsp3) is 0.185. The van der Waals surface area contributed by atoms with E-state index < -0.39 is 0 Å². The molecule has 1 aromatic heterocycles. The molecule has 0 fully saturated rings. The third-order valence-corrected chi connectivity index (χ3v) is 10.9. The monoisotopic (exact) mass is 739 g/mol. The van der Waals surface area contributed by atoms with Gasteiger partial charge in [0.2, 0.25) is 0 Å². The molecule has 280 valence electrons. The summed E-state index contributed by atoms with van der Waals surface area (Å²) in [5.74, 6) is 0.663. The summed E-state index contributed by atoms with van der Waals surface area (Å²) >= 11 is 0. The summed E-state index contributed by atoms with van der Waals surface area (Å²) in [7, 11) is 0. The summed E-state index contributed by atoms with van der Waals surface area (Å²) in [5.41, 5.74) is 15.3. The Morgan fingerprint density at radius 2 is 1.11 bits per heavy atom. The van der Waals surface area contributed by atoms with Gasteiger partial charge in [-0.2, -0.15) is 0 Å². The maximum Gasteiger partial charge on any atom is 0.160 e. The number of hydrogen-bond acceptors (Lipinski definition) is 3. The molecule has 0 radical (unpaired) electrons. The van der Waals surface area contributed by atoms with Crippen LogP contribution in [0.4, 0.5) is 11.4 Å². The Balaban J connectivity index is 1.44. The van der Waals surface area contributed by atoms with Crippen molar-refractivity contribution < 1.29 is 0 Å². The van der Waals surface area contributed by atoms with Crippen molar-refractivity contribution >= 4 is 11.4 Å². The van der Waals surface area contributed by atoms with Gasteiger partial charge in [0.25, 0.3) is 0 Å². The molecule has 0 spiro atoms. The van der Waals surface area contributed by atoms with Crippen molar-refractivity contribution in [2.24, 2.45) is 5.41 Å². The maximum atomic E-state index is 5.29. The number of benzene rings is 5. The van der Waals surface area contributed by atoms with Gasteiger partial charge in [0.15, 0.2) is 5.82 Å². The Hall–Kier alpha value is -6.50. The lowest BCUT2D eigenvalue weighted by Crippen LogP contribution is -2.22. The van der Waals surface area contributed by atoms with E-state index >= 15 is 0 Å². The fourth-order valence-corrected chi connectivity index (χ4v) is 7.63. The zero-order chi connectivity index (χ0) is 39.6. The molecule has 1 heterocycles. The first-order chi connectivity index (χ1) is 27.5. The predicted molar refractivity (Wildman–Crippen MR) is 239 cm³/mol. The van der Waals surface area contributed by atoms with Crippen molar-refractivity contribution in [2.45, 2.75) is 59.8 Å². The van der Waals surface area contributed by atoms with E-state index in [1.165, 1.54) is 16.8 Å². The van der Waals surface area contributed by atoms with Crippen LogP contribution in [0.3, 0.4) is 0 Å². The average Bonchev–Trinajstić information content (AvgIpc) is 3.24. The summed E-state index contributed by atoms with van der Waals surface area (Å²) in [6.45, 7) is 13.7. The van der Waals surface area contributed by atoms with E-state index in [-0.39, 0.29) is 10.8 Å². The summed E-state index contributed by atoms with van der Waals surface area (Å²) < 4.78 is 0. The van der Waals surface area contributed by atoms with Gasteiger partial charge in [0.1, 0.15) is 0 Å². The van der Waals surface area contributed by atoms with Gasteiger partial charge in [0.05, 0.1) is 17.1 Å². The third kappa shape index (κ3) is 8.09. The molecule has 8 rings (SSSR count). The first kappa shape index (κ1) is 37.4. The van der Waals surface area contributed by atoms with Crippen LogP contribution in [0.25, 0.3) is 56.2 Å². The van der Waals surface area contributed by atoms with Gasteiger partial charge in [-0.05, 0) is 83.3 Å². The zero-order valence-corrected chi connectivity index (χ0v) is 33.8. The minimum atomic E-state index is 0.0293. The number of aromatic nitrogens is 2. The van der Waals surface area contributed by atoms with Crippen molar-refractivity contribution in [1.82, 2.24) is 9.97 Å². The van der Waals surface area contributed by atoms with Gasteiger partial charge in [0, 0.05) is 44.8 Å². The lowest BCUT2D eigenvalue weighted by molar-refractivity contribution is 0.479. The highest BCUT2D eigenvalue weighted by molar-refractivity contribution is 5.98. The van der Waals surface area contributed by atoms with E-state index in [1.807, 2.05) is 24.3 Å². The van der Waals surface area contributed by atoms with Crippen LogP contribution in [0.1, 0.15) is 59.9 Å². The van der Waals surface area contributed by atoms with Crippen LogP contribution in [0, 0.1) is 17.5 Å². The molecule has 7 aromatic rings. The Morgan fingerprint density at radius 1 is 0.526 bits per heavy atom. The largest absolute Gasteiger partial charge is 0.313 e. The Labute approximate surface area is 339 Å². The molecule has 0 bridgehead atoms. The molecule has 1 aliphatic rings. The highest BCUT2D eigenvalue weighted by Gasteiger charge is 2.28. The smallest absolute Gasteiger partial charge is 0.160 e. The van der Waals surface area contributed by atoms with Crippen molar-refractivity contribution in [3.8, 4) is 56.2 Å². The minimum Gasteiger partial charge on any atom is -0.313 e. The number of nitrogens with zero attached hydrogens (tertiary/aromatic N) is 3. The van der Waals surface area contributed by atoms with E-state index in [1.54, 1.807) is 0 Å². The Bertz CT molecular complexity index is 2420. The van der Waals surface area contributed by atoms with E-state index in [0.29, 0.717) is 5.82 Å². The lowest BCUT2D eigenvalue weighted by atomic mass is 9.81. The number of rotatable bonds is 8. The highest BCUT2D eigenvalue weighted by Crippen LogP contribution is 2.48. The Morgan fingerprint density at radius 3 is 1.61 bits per heavy atom. The van der Waals surface area contributed by atoms with Gasteiger partial charge in [-0.15, -0.1) is 0 Å². The van der Waals surface area contributed by atoms with Crippen molar-refractivity contribution in [2.75, 3.05) is 4.90 Å². The van der Waals surface area contributed by atoms with Crippen molar-refractivity contribution in [3.63, 3.8) is 0 Å². The first-order valence-corrected chi connectivity index (χ1v) is 20.0. The number of hydrogen-bond donors (Lipinski definition) is 0. The van der Waals surface area contributed by atoms with Gasteiger partial charge >= 0.3 is 0 Å². The van der Waals surface area contributed by atoms with Crippen LogP contribution in [0.5, 0.6) is 0 Å². The minimum absolute atomic E-state index is 0.0293. The SMILES string of the molecule is CC(C)(C)C1=CC=C(N(c2ccc(C(C)(C)C)cc2)c2c(-c3c#cccc3)cc(-c3nc(-c4ccccc4)cc(-c4ccccc4)n3)cc2-c2ccccc2)CC1. The van der Waals surface area contributed by atoms with Crippen molar-refractivity contribution in [1.29, 1.82) is 0 Å². The molecule has 0 saturated carbocycles. The van der Waals surface area contributed by atoms with Crippen LogP contribution in [0.2, 0.25) is 0 Å². The number of anilines is 2. The molecule has 0 unspecified atom stereocenters. The zero-order valence-electron chi connectivity index (χ0n) is 33.8. The predicted octanol–water partition coefficient (Wildman–Crippen LogP) is 14.5. The molecule has 3 heteroatoms. The quantitative estimate of drug-likeness (QED) is 0.155. The first-order valence-electron chi connectivity index (χ1n) is 20.0. The fourth-order valence-electron chi connectivity index (χ4n) is 7.63. The Kier molecular flexibility index (Phi) is 10.2. The number of allylic oxidation sites excluding steroid dienone is 4. The second-order valence-corrected chi connectivity index (χ2v) is 16.9. The standard InChI is InChI=1S/C54H49N3/c1-53(2,3)43-27-31-45(32-28-43)57(46-33-29-44(30-34-46)54(4,5)6)51-47(38-19-11-7-12-20-38)35-42(36-48(51)39-21-13-8-14-22-39)52-55-49(40-23-15-9-16-24-40)37-50(56-52)41-25-17-10-18-26-41/h7-13,15-21,23-29,31-33,35-37H,30,34H2,1-6H3. The van der Waals surface area contributed by atoms with Gasteiger partial charge in [-0.1, -0.05) is 175 Å². The molecule has 0 aliphatic heterocycles. The molecule has 0 saturated heterocycles. The van der Waals surface area contributed by atoms with Crippen LogP contribution in [-0.4, -0.2) is 9.97 Å². The summed E-state index contributed by atoms with van der Waals surface area (Å²) in [6.07, 6.45) is 6.59. The second-order valence-electron chi connectivity index (χ2n) is 16.9. The van der Waals surface area contributed by atoms with Crippen LogP contribution in [-0.2, 0) is 5.41 Å². The van der Waals surface area contributed by atoms with E-state index in [0.717, 1.165) is 74.5 Å². The van der Waals surface area contributed by atoms with E-state index in [2.05, 4.69) is 198 Å². The molecule has 57 heavy (non-hydrogen) atoms. The second kappa shape index (κ2) is 15.6. The molecule has 6 aromatic carbocycles. The average molecular weight is 740 g/mol.